The minimum atomic E-state index is -0.220. The molecule has 0 unspecified atom stereocenters. The first-order chi connectivity index (χ1) is 9.74. The summed E-state index contributed by atoms with van der Waals surface area (Å²) in [6.45, 7) is 0. The fraction of sp³-hybridized carbons (Fsp3) is 0.125. The van der Waals surface area contributed by atoms with E-state index in [1.165, 1.54) is 5.56 Å². The van der Waals surface area contributed by atoms with Crippen molar-refractivity contribution < 1.29 is 4.79 Å². The molecule has 0 saturated carbocycles. The summed E-state index contributed by atoms with van der Waals surface area (Å²) in [4.78, 5) is 12.0. The fourth-order valence-electron chi connectivity index (χ4n) is 2.34. The Labute approximate surface area is 117 Å². The van der Waals surface area contributed by atoms with Crippen molar-refractivity contribution in [2.75, 3.05) is 5.73 Å². The number of hydrogen-bond donors (Lipinski definition) is 2. The van der Waals surface area contributed by atoms with Crippen molar-refractivity contribution in [3.05, 3.63) is 65.2 Å². The predicted molar refractivity (Wildman–Crippen MR) is 79.6 cm³/mol. The van der Waals surface area contributed by atoms with Crippen LogP contribution >= 0.6 is 0 Å². The van der Waals surface area contributed by atoms with Gasteiger partial charge in [0, 0.05) is 16.8 Å². The van der Waals surface area contributed by atoms with Crippen LogP contribution in [-0.2, 0) is 6.42 Å². The van der Waals surface area contributed by atoms with Crippen LogP contribution in [-0.4, -0.2) is 11.6 Å². The van der Waals surface area contributed by atoms with Gasteiger partial charge in [0.25, 0.3) is 5.91 Å². The first-order valence-electron chi connectivity index (χ1n) is 6.55. The second kappa shape index (κ2) is 5.17. The average Bonchev–Trinajstić information content (AvgIpc) is 2.89. The molecule has 0 heterocycles. The number of carbonyl (C=O) groups excluding carboxylic acids is 1. The summed E-state index contributed by atoms with van der Waals surface area (Å²) in [6.07, 6.45) is 1.84. The molecule has 0 bridgehead atoms. The highest BCUT2D eigenvalue weighted by molar-refractivity contribution is 6.05. The van der Waals surface area contributed by atoms with Gasteiger partial charge in [-0.3, -0.25) is 4.79 Å². The molecule has 0 saturated heterocycles. The van der Waals surface area contributed by atoms with Crippen LogP contribution in [0.5, 0.6) is 0 Å². The van der Waals surface area contributed by atoms with Gasteiger partial charge in [-0.1, -0.05) is 24.3 Å². The number of nitrogens with two attached hydrogens (primary N) is 1. The van der Waals surface area contributed by atoms with Crippen molar-refractivity contribution in [2.45, 2.75) is 12.8 Å². The van der Waals surface area contributed by atoms with E-state index in [2.05, 4.69) is 16.6 Å². The van der Waals surface area contributed by atoms with Gasteiger partial charge in [-0.25, -0.2) is 5.43 Å². The molecule has 4 nitrogen and oxygen atoms in total. The largest absolute Gasteiger partial charge is 0.399 e. The average molecular weight is 265 g/mol. The summed E-state index contributed by atoms with van der Waals surface area (Å²) >= 11 is 0. The van der Waals surface area contributed by atoms with Crippen molar-refractivity contribution in [1.82, 2.24) is 5.43 Å². The van der Waals surface area contributed by atoms with E-state index in [0.717, 1.165) is 24.1 Å². The normalized spacial score (nSPS) is 15.1. The molecule has 2 aromatic carbocycles. The lowest BCUT2D eigenvalue weighted by Crippen LogP contribution is -2.19. The number of carbonyl (C=O) groups is 1. The second-order valence-corrected chi connectivity index (χ2v) is 4.78. The molecule has 0 atom stereocenters. The number of hydrazone groups is 1. The summed E-state index contributed by atoms with van der Waals surface area (Å²) in [5.74, 6) is -0.220. The minimum Gasteiger partial charge on any atom is -0.399 e. The molecule has 1 aliphatic rings. The molecule has 0 aromatic heterocycles. The number of rotatable bonds is 2. The highest BCUT2D eigenvalue weighted by Crippen LogP contribution is 2.21. The maximum atomic E-state index is 12.0. The molecule has 2 aromatic rings. The first-order valence-corrected chi connectivity index (χ1v) is 6.55. The van der Waals surface area contributed by atoms with Crippen LogP contribution in [0.15, 0.2) is 53.6 Å². The molecule has 3 N–H and O–H groups in total. The van der Waals surface area contributed by atoms with E-state index in [0.29, 0.717) is 11.3 Å². The fourth-order valence-corrected chi connectivity index (χ4v) is 2.34. The lowest BCUT2D eigenvalue weighted by molar-refractivity contribution is 0.0955. The van der Waals surface area contributed by atoms with Gasteiger partial charge in [0.15, 0.2) is 0 Å². The Morgan fingerprint density at radius 1 is 1.05 bits per heavy atom. The Morgan fingerprint density at radius 2 is 1.80 bits per heavy atom. The number of nitrogens with zero attached hydrogens (tertiary/aromatic N) is 1. The third kappa shape index (κ3) is 2.40. The molecule has 1 aliphatic carbocycles. The number of hydrogen-bond acceptors (Lipinski definition) is 3. The molecule has 4 heteroatoms. The number of nitrogen functional groups attached to an aromatic ring is 1. The quantitative estimate of drug-likeness (QED) is 0.646. The molecule has 20 heavy (non-hydrogen) atoms. The Bertz CT molecular complexity index is 674. The SMILES string of the molecule is Nc1ccc(C(=O)NN=C2CCc3ccccc32)cc1. The number of fused-ring (bicyclic) bond motifs is 1. The molecule has 1 amide bonds. The lowest BCUT2D eigenvalue weighted by atomic mass is 10.1. The van der Waals surface area contributed by atoms with Gasteiger partial charge < -0.3 is 5.73 Å². The highest BCUT2D eigenvalue weighted by Gasteiger charge is 2.17. The van der Waals surface area contributed by atoms with Crippen LogP contribution in [0.4, 0.5) is 5.69 Å². The maximum Gasteiger partial charge on any atom is 0.271 e. The highest BCUT2D eigenvalue weighted by atomic mass is 16.2. The summed E-state index contributed by atoms with van der Waals surface area (Å²) in [5.41, 5.74) is 12.7. The van der Waals surface area contributed by atoms with Crippen molar-refractivity contribution in [3.8, 4) is 0 Å². The third-order valence-corrected chi connectivity index (χ3v) is 3.42. The molecule has 0 aliphatic heterocycles. The summed E-state index contributed by atoms with van der Waals surface area (Å²) in [5, 5.41) is 4.25. The number of benzene rings is 2. The monoisotopic (exact) mass is 265 g/mol. The van der Waals surface area contributed by atoms with E-state index < -0.39 is 0 Å². The Kier molecular flexibility index (Phi) is 3.21. The van der Waals surface area contributed by atoms with Gasteiger partial charge in [0.05, 0.1) is 5.71 Å². The van der Waals surface area contributed by atoms with Gasteiger partial charge >= 0.3 is 0 Å². The van der Waals surface area contributed by atoms with Crippen LogP contribution in [0.1, 0.15) is 27.9 Å². The van der Waals surface area contributed by atoms with Crippen molar-refractivity contribution >= 4 is 17.3 Å². The molecule has 0 fully saturated rings. The second-order valence-electron chi connectivity index (χ2n) is 4.78. The molecule has 0 radical (unpaired) electrons. The lowest BCUT2D eigenvalue weighted by Gasteiger charge is -2.03. The minimum absolute atomic E-state index is 0.220. The van der Waals surface area contributed by atoms with Gasteiger partial charge in [-0.05, 0) is 42.7 Å². The van der Waals surface area contributed by atoms with E-state index in [4.69, 9.17) is 5.73 Å². The van der Waals surface area contributed by atoms with Crippen LogP contribution < -0.4 is 11.2 Å². The molecule has 3 rings (SSSR count). The Hall–Kier alpha value is -2.62. The van der Waals surface area contributed by atoms with E-state index in [1.807, 2.05) is 18.2 Å². The molecular weight excluding hydrogens is 250 g/mol. The van der Waals surface area contributed by atoms with Crippen molar-refractivity contribution in [1.29, 1.82) is 0 Å². The molecule has 100 valence electrons. The van der Waals surface area contributed by atoms with E-state index >= 15 is 0 Å². The number of aryl methyl sites for hydroxylation is 1. The maximum absolute atomic E-state index is 12.0. The standard InChI is InChI=1S/C16H15N3O/c17-13-8-5-12(6-9-13)16(20)19-18-15-10-7-11-3-1-2-4-14(11)15/h1-6,8-9H,7,10,17H2,(H,19,20). The van der Waals surface area contributed by atoms with Crippen molar-refractivity contribution in [2.24, 2.45) is 5.10 Å². The van der Waals surface area contributed by atoms with Gasteiger partial charge in [-0.15, -0.1) is 0 Å². The van der Waals surface area contributed by atoms with Gasteiger partial charge in [-0.2, -0.15) is 5.10 Å². The van der Waals surface area contributed by atoms with Crippen LogP contribution in [0, 0.1) is 0 Å². The van der Waals surface area contributed by atoms with E-state index in [-0.39, 0.29) is 5.91 Å². The summed E-state index contributed by atoms with van der Waals surface area (Å²) in [7, 11) is 0. The van der Waals surface area contributed by atoms with Crippen LogP contribution in [0.3, 0.4) is 0 Å². The zero-order valence-corrected chi connectivity index (χ0v) is 11.0. The number of amides is 1. The van der Waals surface area contributed by atoms with E-state index in [1.54, 1.807) is 24.3 Å². The number of anilines is 1. The van der Waals surface area contributed by atoms with Gasteiger partial charge in [0.1, 0.15) is 0 Å². The predicted octanol–water partition coefficient (Wildman–Crippen LogP) is 2.35. The third-order valence-electron chi connectivity index (χ3n) is 3.42. The topological polar surface area (TPSA) is 67.5 Å². The first kappa shape index (κ1) is 12.4. The summed E-state index contributed by atoms with van der Waals surface area (Å²) in [6, 6.07) is 14.9. The molecular formula is C16H15N3O. The molecule has 0 spiro atoms. The van der Waals surface area contributed by atoms with Gasteiger partial charge in [0.2, 0.25) is 0 Å². The van der Waals surface area contributed by atoms with Crippen LogP contribution in [0.25, 0.3) is 0 Å². The number of nitrogens with one attached hydrogen (secondary N) is 1. The Balaban J connectivity index is 1.75. The zero-order chi connectivity index (χ0) is 13.9. The Morgan fingerprint density at radius 3 is 2.60 bits per heavy atom. The zero-order valence-electron chi connectivity index (χ0n) is 11.0. The summed E-state index contributed by atoms with van der Waals surface area (Å²) < 4.78 is 0. The van der Waals surface area contributed by atoms with Crippen molar-refractivity contribution in [3.63, 3.8) is 0 Å². The van der Waals surface area contributed by atoms with E-state index in [9.17, 15) is 4.79 Å². The van der Waals surface area contributed by atoms with Crippen LogP contribution in [0.2, 0.25) is 0 Å². The smallest absolute Gasteiger partial charge is 0.271 e.